The monoisotopic (exact) mass is 660 g/mol. The molecule has 0 saturated carbocycles. The van der Waals surface area contributed by atoms with Gasteiger partial charge < -0.3 is 24.1 Å². The van der Waals surface area contributed by atoms with E-state index in [0.717, 1.165) is 0 Å². The summed E-state index contributed by atoms with van der Waals surface area (Å²) in [5.74, 6) is 0.0110. The fraction of sp³-hybridized carbons (Fsp3) is 0.548. The smallest absolute Gasteiger partial charge is 0.256 e. The quantitative estimate of drug-likeness (QED) is 0.104. The summed E-state index contributed by atoms with van der Waals surface area (Å²) in [7, 11) is -4.87. The standard InChI is InChI=1S/C31H45FN4O5SSi2/c1-29(2,3)43(7,8)39-18-31(17-35-38)26(41-44(9,10)30(4,5)6)22(32)24(40-31)21-16-42-25-23(21)33-19-34-27(25)36-28(37)20-14-12-11-13-15-20/h11-17,19,22,24,26,38H,18H2,1-10H3,(H,33,34,36,37)/b35-17+/t22-,24-,26-,31+/m0/s1. The van der Waals surface area contributed by atoms with E-state index < -0.39 is 40.6 Å². The number of carbonyl (C=O) groups is 1. The number of anilines is 1. The van der Waals surface area contributed by atoms with Crippen LogP contribution in [-0.4, -0.2) is 68.4 Å². The van der Waals surface area contributed by atoms with Gasteiger partial charge in [0.25, 0.3) is 5.91 Å². The predicted octanol–water partition coefficient (Wildman–Crippen LogP) is 7.96. The first-order chi connectivity index (χ1) is 20.3. The number of nitrogens with one attached hydrogen (secondary N) is 1. The molecule has 4 atom stereocenters. The maximum absolute atomic E-state index is 16.9. The van der Waals surface area contributed by atoms with E-state index in [1.807, 2.05) is 6.07 Å². The van der Waals surface area contributed by atoms with Crippen molar-refractivity contribution in [3.63, 3.8) is 0 Å². The molecule has 0 spiro atoms. The summed E-state index contributed by atoms with van der Waals surface area (Å²) >= 11 is 1.29. The number of aromatic nitrogens is 2. The first-order valence-corrected chi connectivity index (χ1v) is 21.4. The average Bonchev–Trinajstić information content (AvgIpc) is 3.47. The van der Waals surface area contributed by atoms with Gasteiger partial charge in [0.2, 0.25) is 0 Å². The van der Waals surface area contributed by atoms with Crippen LogP contribution < -0.4 is 5.32 Å². The number of ether oxygens (including phenoxy) is 1. The van der Waals surface area contributed by atoms with Crippen LogP contribution in [-0.2, 0) is 13.6 Å². The van der Waals surface area contributed by atoms with Crippen molar-refractivity contribution in [3.05, 3.63) is 53.2 Å². The van der Waals surface area contributed by atoms with Gasteiger partial charge in [-0.2, -0.15) is 0 Å². The SMILES string of the molecule is CC(C)(C)[Si](C)(C)OC[C@@]1(/C=N/O)O[C@@H](c2csc3c(NC(=O)c4ccccc4)ncnc23)[C@H](F)[C@@H]1O[Si](C)(C)C(C)(C)C. The second-order valence-corrected chi connectivity index (χ2v) is 24.9. The molecule has 0 unspecified atom stereocenters. The normalized spacial score (nSPS) is 23.5. The summed E-state index contributed by atoms with van der Waals surface area (Å²) in [4.78, 5) is 21.7. The Morgan fingerprint density at radius 2 is 1.75 bits per heavy atom. The summed E-state index contributed by atoms with van der Waals surface area (Å²) in [6.45, 7) is 20.9. The van der Waals surface area contributed by atoms with Gasteiger partial charge in [0.1, 0.15) is 18.5 Å². The first-order valence-electron chi connectivity index (χ1n) is 14.7. The zero-order valence-corrected chi connectivity index (χ0v) is 30.1. The minimum atomic E-state index is -2.55. The number of amides is 1. The van der Waals surface area contributed by atoms with Crippen LogP contribution >= 0.6 is 11.3 Å². The predicted molar refractivity (Wildman–Crippen MR) is 179 cm³/mol. The summed E-state index contributed by atoms with van der Waals surface area (Å²) in [6, 6.07) is 8.83. The number of carbonyl (C=O) groups excluding carboxylic acids is 1. The number of thiophene rings is 1. The van der Waals surface area contributed by atoms with Crippen LogP contribution in [0.1, 0.15) is 63.6 Å². The van der Waals surface area contributed by atoms with Gasteiger partial charge in [-0.1, -0.05) is 64.9 Å². The molecule has 1 aliphatic heterocycles. The molecule has 1 aliphatic rings. The Kier molecular flexibility index (Phi) is 9.62. The molecule has 3 heterocycles. The zero-order chi connectivity index (χ0) is 32.7. The van der Waals surface area contributed by atoms with E-state index in [2.05, 4.69) is 88.2 Å². The van der Waals surface area contributed by atoms with Gasteiger partial charge in [0.05, 0.1) is 23.0 Å². The van der Waals surface area contributed by atoms with E-state index in [0.29, 0.717) is 27.2 Å². The number of oxime groups is 1. The van der Waals surface area contributed by atoms with E-state index in [4.69, 9.17) is 13.6 Å². The molecule has 1 amide bonds. The minimum Gasteiger partial charge on any atom is -0.413 e. The number of benzene rings is 1. The number of hydrogen-bond donors (Lipinski definition) is 2. The maximum Gasteiger partial charge on any atom is 0.256 e. The van der Waals surface area contributed by atoms with Crippen molar-refractivity contribution in [2.24, 2.45) is 5.16 Å². The Morgan fingerprint density at radius 3 is 2.34 bits per heavy atom. The van der Waals surface area contributed by atoms with Crippen LogP contribution in [0, 0.1) is 0 Å². The second kappa shape index (κ2) is 12.3. The fourth-order valence-electron chi connectivity index (χ4n) is 4.48. The molecule has 13 heteroatoms. The molecule has 9 nitrogen and oxygen atoms in total. The van der Waals surface area contributed by atoms with Crippen LogP contribution in [0.15, 0.2) is 47.2 Å². The number of alkyl halides is 1. The van der Waals surface area contributed by atoms with Gasteiger partial charge in [-0.15, -0.1) is 11.3 Å². The van der Waals surface area contributed by atoms with E-state index in [1.54, 1.807) is 29.6 Å². The minimum absolute atomic E-state index is 0.0425. The average molecular weight is 661 g/mol. The molecule has 240 valence electrons. The topological polar surface area (TPSA) is 115 Å². The Morgan fingerprint density at radius 1 is 1.11 bits per heavy atom. The summed E-state index contributed by atoms with van der Waals surface area (Å²) in [5.41, 5.74) is -0.0526. The molecule has 2 N–H and O–H groups in total. The van der Waals surface area contributed by atoms with E-state index in [9.17, 15) is 10.0 Å². The molecule has 0 radical (unpaired) electrons. The third-order valence-corrected chi connectivity index (χ3v) is 19.3. The van der Waals surface area contributed by atoms with Gasteiger partial charge >= 0.3 is 0 Å². The van der Waals surface area contributed by atoms with E-state index in [1.165, 1.54) is 23.9 Å². The maximum atomic E-state index is 16.9. The number of nitrogens with zero attached hydrogens (tertiary/aromatic N) is 3. The Labute approximate surface area is 265 Å². The largest absolute Gasteiger partial charge is 0.413 e. The van der Waals surface area contributed by atoms with Crippen LogP contribution in [0.4, 0.5) is 10.2 Å². The van der Waals surface area contributed by atoms with Crippen LogP contribution in [0.3, 0.4) is 0 Å². The van der Waals surface area contributed by atoms with Gasteiger partial charge in [-0.25, -0.2) is 14.4 Å². The molecule has 1 fully saturated rings. The van der Waals surface area contributed by atoms with Crippen molar-refractivity contribution >= 4 is 56.1 Å². The molecule has 0 bridgehead atoms. The third-order valence-electron chi connectivity index (χ3n) is 9.33. The lowest BCUT2D eigenvalue weighted by molar-refractivity contribution is -0.0561. The Balaban J connectivity index is 1.76. The highest BCUT2D eigenvalue weighted by molar-refractivity contribution is 7.18. The zero-order valence-electron chi connectivity index (χ0n) is 27.3. The van der Waals surface area contributed by atoms with Crippen molar-refractivity contribution in [1.82, 2.24) is 9.97 Å². The van der Waals surface area contributed by atoms with Crippen molar-refractivity contribution in [1.29, 1.82) is 0 Å². The lowest BCUT2D eigenvalue weighted by atomic mass is 9.96. The molecule has 44 heavy (non-hydrogen) atoms. The first kappa shape index (κ1) is 34.3. The van der Waals surface area contributed by atoms with Crippen molar-refractivity contribution in [3.8, 4) is 0 Å². The summed E-state index contributed by atoms with van der Waals surface area (Å²) in [6.07, 6.45) is -1.29. The number of fused-ring (bicyclic) bond motifs is 1. The van der Waals surface area contributed by atoms with Crippen LogP contribution in [0.25, 0.3) is 10.2 Å². The summed E-state index contributed by atoms with van der Waals surface area (Å²) < 4.78 is 37.5. The number of halogens is 1. The third kappa shape index (κ3) is 6.68. The lowest BCUT2D eigenvalue weighted by Gasteiger charge is -2.43. The second-order valence-electron chi connectivity index (χ2n) is 14.4. The van der Waals surface area contributed by atoms with Crippen LogP contribution in [0.2, 0.25) is 36.3 Å². The molecular formula is C31H45FN4O5SSi2. The van der Waals surface area contributed by atoms with Crippen LogP contribution in [0.5, 0.6) is 0 Å². The molecule has 1 saturated heterocycles. The molecule has 3 aromatic rings. The van der Waals surface area contributed by atoms with E-state index in [-0.39, 0.29) is 22.6 Å². The van der Waals surface area contributed by atoms with Gasteiger partial charge in [-0.3, -0.25) is 4.79 Å². The molecular weight excluding hydrogens is 616 g/mol. The van der Waals surface area contributed by atoms with Gasteiger partial charge in [0.15, 0.2) is 34.2 Å². The fourth-order valence-corrected chi connectivity index (χ4v) is 7.81. The molecule has 4 rings (SSSR count). The van der Waals surface area contributed by atoms with Gasteiger partial charge in [-0.05, 0) is 53.8 Å². The summed E-state index contributed by atoms with van der Waals surface area (Å²) in [5, 5.41) is 17.5. The highest BCUT2D eigenvalue weighted by atomic mass is 32.1. The Bertz CT molecular complexity index is 1510. The highest BCUT2D eigenvalue weighted by Gasteiger charge is 2.60. The van der Waals surface area contributed by atoms with Crippen molar-refractivity contribution in [2.75, 3.05) is 11.9 Å². The van der Waals surface area contributed by atoms with Crippen molar-refractivity contribution < 1.29 is 28.0 Å². The van der Waals surface area contributed by atoms with Crippen molar-refractivity contribution in [2.45, 2.75) is 102 Å². The Hall–Kier alpha value is -2.56. The molecule has 1 aromatic carbocycles. The highest BCUT2D eigenvalue weighted by Crippen LogP contribution is 2.50. The molecule has 2 aromatic heterocycles. The van der Waals surface area contributed by atoms with E-state index >= 15 is 4.39 Å². The lowest BCUT2D eigenvalue weighted by Crippen LogP contribution is -2.57. The number of hydrogen-bond acceptors (Lipinski definition) is 9. The number of rotatable bonds is 9. The molecule has 0 aliphatic carbocycles. The van der Waals surface area contributed by atoms with Gasteiger partial charge in [0, 0.05) is 11.1 Å².